The zero-order chi connectivity index (χ0) is 14.2. The summed E-state index contributed by atoms with van der Waals surface area (Å²) in [7, 11) is -3.60. The van der Waals surface area contributed by atoms with Crippen LogP contribution in [0, 0.1) is 0 Å². The fraction of sp³-hybridized carbons (Fsp3) is 0.385. The van der Waals surface area contributed by atoms with E-state index in [2.05, 4.69) is 14.8 Å². The van der Waals surface area contributed by atoms with Gasteiger partial charge in [-0.1, -0.05) is 0 Å². The molecule has 0 atom stereocenters. The third kappa shape index (κ3) is 2.53. The van der Waals surface area contributed by atoms with E-state index >= 15 is 0 Å². The number of pyridine rings is 1. The lowest BCUT2D eigenvalue weighted by molar-refractivity contribution is 0.600. The van der Waals surface area contributed by atoms with Crippen molar-refractivity contribution in [3.05, 3.63) is 36.4 Å². The molecule has 2 heterocycles. The van der Waals surface area contributed by atoms with Crippen LogP contribution in [0.2, 0.25) is 0 Å². The predicted molar refractivity (Wildman–Crippen MR) is 74.9 cm³/mol. The molecule has 0 saturated heterocycles. The van der Waals surface area contributed by atoms with Crippen molar-refractivity contribution < 1.29 is 8.42 Å². The number of hydrogen-bond acceptors (Lipinski definition) is 4. The van der Waals surface area contributed by atoms with Gasteiger partial charge in [-0.2, -0.15) is 5.10 Å². The highest BCUT2D eigenvalue weighted by atomic mass is 32.2. The largest absolute Gasteiger partial charge is 0.278 e. The summed E-state index contributed by atoms with van der Waals surface area (Å²) in [4.78, 5) is 4.46. The lowest BCUT2D eigenvalue weighted by Crippen LogP contribution is -2.14. The van der Waals surface area contributed by atoms with Gasteiger partial charge < -0.3 is 0 Å². The molecule has 7 heteroatoms. The summed E-state index contributed by atoms with van der Waals surface area (Å²) in [6, 6.07) is 3.49. The Morgan fingerprint density at radius 3 is 2.90 bits per heavy atom. The number of nitrogens with one attached hydrogen (secondary N) is 1. The average molecular weight is 292 g/mol. The zero-order valence-corrected chi connectivity index (χ0v) is 12.0. The van der Waals surface area contributed by atoms with E-state index in [1.165, 1.54) is 12.4 Å². The van der Waals surface area contributed by atoms with Crippen molar-refractivity contribution in [1.82, 2.24) is 14.8 Å². The molecule has 0 aromatic carbocycles. The number of nitrogens with zero attached hydrogens (tertiary/aromatic N) is 3. The van der Waals surface area contributed by atoms with E-state index in [-0.39, 0.29) is 4.90 Å². The average Bonchev–Trinajstić information content (AvgIpc) is 3.15. The molecule has 3 rings (SSSR count). The molecule has 1 fully saturated rings. The van der Waals surface area contributed by atoms with Crippen molar-refractivity contribution in [2.75, 3.05) is 4.72 Å². The molecule has 1 saturated carbocycles. The topological polar surface area (TPSA) is 76.9 Å². The SMILES string of the molecule is CCn1cc(S(=O)(=O)Nc2cccnc2C2CC2)cn1. The lowest BCUT2D eigenvalue weighted by atomic mass is 10.2. The molecule has 1 aliphatic carbocycles. The first kappa shape index (κ1) is 13.1. The van der Waals surface area contributed by atoms with Crippen LogP contribution in [0.15, 0.2) is 35.6 Å². The summed E-state index contributed by atoms with van der Waals surface area (Å²) >= 11 is 0. The molecule has 0 aliphatic heterocycles. The van der Waals surface area contributed by atoms with E-state index in [0.717, 1.165) is 18.5 Å². The van der Waals surface area contributed by atoms with Crippen LogP contribution in [-0.2, 0) is 16.6 Å². The second kappa shape index (κ2) is 4.90. The summed E-state index contributed by atoms with van der Waals surface area (Å²) < 4.78 is 28.9. The molecule has 6 nitrogen and oxygen atoms in total. The Hall–Kier alpha value is -1.89. The van der Waals surface area contributed by atoms with Crippen LogP contribution < -0.4 is 4.72 Å². The zero-order valence-electron chi connectivity index (χ0n) is 11.2. The Balaban J connectivity index is 1.90. The Bertz CT molecular complexity index is 719. The monoisotopic (exact) mass is 292 g/mol. The lowest BCUT2D eigenvalue weighted by Gasteiger charge is -2.09. The molecule has 0 bridgehead atoms. The van der Waals surface area contributed by atoms with E-state index < -0.39 is 10.0 Å². The van der Waals surface area contributed by atoms with Gasteiger partial charge in [0, 0.05) is 24.9 Å². The maximum absolute atomic E-state index is 12.3. The summed E-state index contributed by atoms with van der Waals surface area (Å²) in [6.07, 6.45) is 6.72. The van der Waals surface area contributed by atoms with E-state index in [4.69, 9.17) is 0 Å². The molecule has 0 amide bonds. The Morgan fingerprint density at radius 1 is 1.45 bits per heavy atom. The molecular weight excluding hydrogens is 276 g/mol. The van der Waals surface area contributed by atoms with Gasteiger partial charge >= 0.3 is 0 Å². The fourth-order valence-corrected chi connectivity index (χ4v) is 3.07. The molecule has 20 heavy (non-hydrogen) atoms. The quantitative estimate of drug-likeness (QED) is 0.914. The second-order valence-corrected chi connectivity index (χ2v) is 6.53. The van der Waals surface area contributed by atoms with E-state index in [1.54, 1.807) is 23.0 Å². The van der Waals surface area contributed by atoms with Gasteiger partial charge in [-0.15, -0.1) is 0 Å². The molecule has 106 valence electrons. The first-order valence-corrected chi connectivity index (χ1v) is 8.08. The summed E-state index contributed by atoms with van der Waals surface area (Å²) in [6.45, 7) is 2.54. The maximum Gasteiger partial charge on any atom is 0.265 e. The molecule has 2 aromatic heterocycles. The van der Waals surface area contributed by atoms with Crippen LogP contribution in [0.5, 0.6) is 0 Å². The molecule has 1 N–H and O–H groups in total. The smallest absolute Gasteiger partial charge is 0.265 e. The number of anilines is 1. The van der Waals surface area contributed by atoms with Crippen molar-refractivity contribution in [2.45, 2.75) is 37.1 Å². The Labute approximate surface area is 117 Å². The molecular formula is C13H16N4O2S. The molecule has 0 radical (unpaired) electrons. The highest BCUT2D eigenvalue weighted by Crippen LogP contribution is 2.42. The van der Waals surface area contributed by atoms with E-state index in [9.17, 15) is 8.42 Å². The minimum Gasteiger partial charge on any atom is -0.278 e. The van der Waals surface area contributed by atoms with Gasteiger partial charge in [0.1, 0.15) is 4.90 Å². The first-order chi connectivity index (χ1) is 9.60. The third-order valence-corrected chi connectivity index (χ3v) is 4.61. The van der Waals surface area contributed by atoms with Crippen molar-refractivity contribution >= 4 is 15.7 Å². The minimum atomic E-state index is -3.60. The van der Waals surface area contributed by atoms with Crippen molar-refractivity contribution in [2.24, 2.45) is 0 Å². The minimum absolute atomic E-state index is 0.171. The number of rotatable bonds is 5. The third-order valence-electron chi connectivity index (χ3n) is 3.29. The van der Waals surface area contributed by atoms with Gasteiger partial charge in [-0.05, 0) is 31.9 Å². The summed E-state index contributed by atoms with van der Waals surface area (Å²) in [5.74, 6) is 0.382. The van der Waals surface area contributed by atoms with Crippen LogP contribution in [0.3, 0.4) is 0 Å². The van der Waals surface area contributed by atoms with Crippen LogP contribution in [0.4, 0.5) is 5.69 Å². The van der Waals surface area contributed by atoms with Gasteiger partial charge in [0.25, 0.3) is 10.0 Å². The molecule has 2 aromatic rings. The normalized spacial score (nSPS) is 15.2. The highest BCUT2D eigenvalue weighted by Gasteiger charge is 2.29. The fourth-order valence-electron chi connectivity index (χ4n) is 2.05. The van der Waals surface area contributed by atoms with E-state index in [1.807, 2.05) is 6.92 Å². The molecule has 0 spiro atoms. The van der Waals surface area contributed by atoms with Gasteiger partial charge in [-0.25, -0.2) is 8.42 Å². The van der Waals surface area contributed by atoms with Crippen molar-refractivity contribution in [1.29, 1.82) is 0 Å². The number of sulfonamides is 1. The van der Waals surface area contributed by atoms with E-state index in [0.29, 0.717) is 18.2 Å². The number of hydrogen-bond donors (Lipinski definition) is 1. The molecule has 1 aliphatic rings. The standard InChI is InChI=1S/C13H16N4O2S/c1-2-17-9-11(8-15-17)20(18,19)16-12-4-3-7-14-13(12)10-5-6-10/h3-4,7-10,16H,2,5-6H2,1H3. The number of aromatic nitrogens is 3. The molecule has 0 unspecified atom stereocenters. The van der Waals surface area contributed by atoms with Crippen LogP contribution in [0.1, 0.15) is 31.4 Å². The summed E-state index contributed by atoms with van der Waals surface area (Å²) in [5, 5.41) is 3.99. The van der Waals surface area contributed by atoms with Gasteiger partial charge in [-0.3, -0.25) is 14.4 Å². The second-order valence-electron chi connectivity index (χ2n) is 4.85. The van der Waals surface area contributed by atoms with Gasteiger partial charge in [0.05, 0.1) is 17.6 Å². The Kier molecular flexibility index (Phi) is 3.21. The maximum atomic E-state index is 12.3. The highest BCUT2D eigenvalue weighted by molar-refractivity contribution is 7.92. The predicted octanol–water partition coefficient (Wildman–Crippen LogP) is 1.98. The first-order valence-electron chi connectivity index (χ1n) is 6.60. The summed E-state index contributed by atoms with van der Waals surface area (Å²) in [5.41, 5.74) is 1.40. The Morgan fingerprint density at radius 2 is 2.25 bits per heavy atom. The van der Waals surface area contributed by atoms with Gasteiger partial charge in [0.15, 0.2) is 0 Å². The number of aryl methyl sites for hydroxylation is 1. The van der Waals surface area contributed by atoms with Gasteiger partial charge in [0.2, 0.25) is 0 Å². The van der Waals surface area contributed by atoms with Crippen LogP contribution in [-0.4, -0.2) is 23.2 Å². The van der Waals surface area contributed by atoms with Crippen LogP contribution in [0.25, 0.3) is 0 Å². The van der Waals surface area contributed by atoms with Crippen molar-refractivity contribution in [3.63, 3.8) is 0 Å². The van der Waals surface area contributed by atoms with Crippen LogP contribution >= 0.6 is 0 Å². The van der Waals surface area contributed by atoms with Crippen molar-refractivity contribution in [3.8, 4) is 0 Å².